The molecule has 2 nitrogen and oxygen atoms in total. The van der Waals surface area contributed by atoms with Gasteiger partial charge in [0.2, 0.25) is 0 Å². The summed E-state index contributed by atoms with van der Waals surface area (Å²) in [4.78, 5) is 0. The molecular weight excluding hydrogens is 208 g/mol. The van der Waals surface area contributed by atoms with Crippen LogP contribution in [0.2, 0.25) is 0 Å². The van der Waals surface area contributed by atoms with Crippen molar-refractivity contribution >= 4 is 0 Å². The molecule has 2 aromatic carbocycles. The van der Waals surface area contributed by atoms with E-state index in [1.165, 1.54) is 5.56 Å². The maximum Gasteiger partial charge on any atom is 0.0992 e. The fourth-order valence-electron chi connectivity index (χ4n) is 1.75. The Morgan fingerprint density at radius 1 is 0.765 bits per heavy atom. The van der Waals surface area contributed by atoms with Crippen LogP contribution < -0.4 is 0 Å². The van der Waals surface area contributed by atoms with E-state index in [1.807, 2.05) is 42.5 Å². The molecule has 0 saturated heterocycles. The normalized spacial score (nSPS) is 9.29. The van der Waals surface area contributed by atoms with Gasteiger partial charge in [-0.1, -0.05) is 30.3 Å². The minimum Gasteiger partial charge on any atom is -0.192 e. The summed E-state index contributed by atoms with van der Waals surface area (Å²) >= 11 is 0. The molecule has 80 valence electrons. The predicted molar refractivity (Wildman–Crippen MR) is 65.1 cm³/mol. The SMILES string of the molecule is N#Cc1cc(C#N)cc(Cc2ccccc2)c1. The smallest absolute Gasteiger partial charge is 0.0992 e. The molecule has 0 amide bonds. The van der Waals surface area contributed by atoms with Gasteiger partial charge in [0.1, 0.15) is 0 Å². The number of hydrogen-bond donors (Lipinski definition) is 0. The van der Waals surface area contributed by atoms with Crippen LogP contribution in [0.4, 0.5) is 0 Å². The van der Waals surface area contributed by atoms with Crippen molar-refractivity contribution in [2.45, 2.75) is 6.42 Å². The van der Waals surface area contributed by atoms with Gasteiger partial charge in [-0.15, -0.1) is 0 Å². The van der Waals surface area contributed by atoms with Crippen LogP contribution in [-0.4, -0.2) is 0 Å². The molecule has 2 aromatic rings. The van der Waals surface area contributed by atoms with Crippen LogP contribution >= 0.6 is 0 Å². The van der Waals surface area contributed by atoms with E-state index in [1.54, 1.807) is 6.07 Å². The van der Waals surface area contributed by atoms with Gasteiger partial charge in [-0.2, -0.15) is 10.5 Å². The van der Waals surface area contributed by atoms with E-state index < -0.39 is 0 Å². The highest BCUT2D eigenvalue weighted by molar-refractivity contribution is 5.43. The lowest BCUT2D eigenvalue weighted by Crippen LogP contribution is -1.90. The van der Waals surface area contributed by atoms with Crippen molar-refractivity contribution in [3.8, 4) is 12.1 Å². The third-order valence-electron chi connectivity index (χ3n) is 2.50. The zero-order chi connectivity index (χ0) is 12.1. The Morgan fingerprint density at radius 2 is 1.35 bits per heavy atom. The molecule has 0 N–H and O–H groups in total. The zero-order valence-electron chi connectivity index (χ0n) is 9.22. The molecule has 0 bridgehead atoms. The molecule has 2 rings (SSSR count). The maximum absolute atomic E-state index is 8.89. The second-order valence-electron chi connectivity index (χ2n) is 3.80. The molecule has 2 heteroatoms. The van der Waals surface area contributed by atoms with Crippen molar-refractivity contribution in [1.82, 2.24) is 0 Å². The van der Waals surface area contributed by atoms with Gasteiger partial charge < -0.3 is 0 Å². The van der Waals surface area contributed by atoms with Crippen molar-refractivity contribution in [2.75, 3.05) is 0 Å². The third kappa shape index (κ3) is 2.71. The molecule has 0 aliphatic carbocycles. The van der Waals surface area contributed by atoms with Crippen molar-refractivity contribution in [2.24, 2.45) is 0 Å². The quantitative estimate of drug-likeness (QED) is 0.777. The monoisotopic (exact) mass is 218 g/mol. The topological polar surface area (TPSA) is 47.6 Å². The Kier molecular flexibility index (Phi) is 3.19. The van der Waals surface area contributed by atoms with E-state index >= 15 is 0 Å². The number of nitriles is 2. The largest absolute Gasteiger partial charge is 0.192 e. The molecule has 0 heterocycles. The third-order valence-corrected chi connectivity index (χ3v) is 2.50. The highest BCUT2D eigenvalue weighted by atomic mass is 14.3. The summed E-state index contributed by atoms with van der Waals surface area (Å²) in [6.45, 7) is 0. The Hall–Kier alpha value is -2.58. The highest BCUT2D eigenvalue weighted by Crippen LogP contribution is 2.13. The van der Waals surface area contributed by atoms with Gasteiger partial charge in [-0.05, 0) is 35.7 Å². The van der Waals surface area contributed by atoms with Crippen LogP contribution in [0.5, 0.6) is 0 Å². The van der Waals surface area contributed by atoms with Crippen LogP contribution in [0.1, 0.15) is 22.3 Å². The van der Waals surface area contributed by atoms with Gasteiger partial charge >= 0.3 is 0 Å². The summed E-state index contributed by atoms with van der Waals surface area (Å²) in [5.74, 6) is 0. The number of benzene rings is 2. The molecule has 0 fully saturated rings. The molecule has 0 aliphatic rings. The van der Waals surface area contributed by atoms with Crippen molar-refractivity contribution < 1.29 is 0 Å². The van der Waals surface area contributed by atoms with E-state index in [4.69, 9.17) is 10.5 Å². The Labute approximate surface area is 100 Å². The number of rotatable bonds is 2. The first kappa shape index (κ1) is 10.9. The summed E-state index contributed by atoms with van der Waals surface area (Å²) in [6.07, 6.45) is 0.741. The minimum atomic E-state index is 0.537. The lowest BCUT2D eigenvalue weighted by molar-refractivity contribution is 1.18. The van der Waals surface area contributed by atoms with Crippen LogP contribution in [0.15, 0.2) is 48.5 Å². The van der Waals surface area contributed by atoms with Gasteiger partial charge in [-0.25, -0.2) is 0 Å². The molecule has 0 spiro atoms. The second kappa shape index (κ2) is 4.96. The first-order valence-electron chi connectivity index (χ1n) is 5.30. The van der Waals surface area contributed by atoms with Crippen LogP contribution in [-0.2, 0) is 6.42 Å². The molecule has 0 unspecified atom stereocenters. The van der Waals surface area contributed by atoms with E-state index in [2.05, 4.69) is 12.1 Å². The summed E-state index contributed by atoms with van der Waals surface area (Å²) in [5, 5.41) is 17.8. The fraction of sp³-hybridized carbons (Fsp3) is 0.0667. The molecule has 0 aliphatic heterocycles. The first-order valence-corrected chi connectivity index (χ1v) is 5.30. The predicted octanol–water partition coefficient (Wildman–Crippen LogP) is 3.02. The fourth-order valence-corrected chi connectivity index (χ4v) is 1.75. The molecule has 0 radical (unpaired) electrons. The average Bonchev–Trinajstić information content (AvgIpc) is 2.39. The van der Waals surface area contributed by atoms with Gasteiger partial charge in [0, 0.05) is 0 Å². The van der Waals surface area contributed by atoms with Crippen LogP contribution in [0.25, 0.3) is 0 Å². The first-order chi connectivity index (χ1) is 8.31. The van der Waals surface area contributed by atoms with Crippen LogP contribution in [0.3, 0.4) is 0 Å². The van der Waals surface area contributed by atoms with E-state index in [0.717, 1.165) is 12.0 Å². The lowest BCUT2D eigenvalue weighted by Gasteiger charge is -2.03. The zero-order valence-corrected chi connectivity index (χ0v) is 9.22. The molecule has 17 heavy (non-hydrogen) atoms. The summed E-state index contributed by atoms with van der Waals surface area (Å²) in [7, 11) is 0. The van der Waals surface area contributed by atoms with E-state index in [0.29, 0.717) is 11.1 Å². The second-order valence-corrected chi connectivity index (χ2v) is 3.80. The Morgan fingerprint density at radius 3 is 1.88 bits per heavy atom. The van der Waals surface area contributed by atoms with Crippen molar-refractivity contribution in [1.29, 1.82) is 10.5 Å². The van der Waals surface area contributed by atoms with Gasteiger partial charge in [0.15, 0.2) is 0 Å². The van der Waals surface area contributed by atoms with Crippen molar-refractivity contribution in [3.63, 3.8) is 0 Å². The Balaban J connectivity index is 2.34. The standard InChI is InChI=1S/C15H10N2/c16-10-14-7-13(8-15(9-14)11-17)6-12-4-2-1-3-5-12/h1-5,7-9H,6H2. The summed E-state index contributed by atoms with van der Waals surface area (Å²) in [6, 6.07) is 19.4. The number of nitrogens with zero attached hydrogens (tertiary/aromatic N) is 2. The maximum atomic E-state index is 8.89. The number of hydrogen-bond acceptors (Lipinski definition) is 2. The van der Waals surface area contributed by atoms with E-state index in [9.17, 15) is 0 Å². The van der Waals surface area contributed by atoms with Crippen molar-refractivity contribution in [3.05, 3.63) is 70.8 Å². The van der Waals surface area contributed by atoms with Gasteiger partial charge in [0.25, 0.3) is 0 Å². The lowest BCUT2D eigenvalue weighted by atomic mass is 10.0. The highest BCUT2D eigenvalue weighted by Gasteiger charge is 2.01. The van der Waals surface area contributed by atoms with Crippen LogP contribution in [0, 0.1) is 22.7 Å². The minimum absolute atomic E-state index is 0.537. The van der Waals surface area contributed by atoms with E-state index in [-0.39, 0.29) is 0 Å². The van der Waals surface area contributed by atoms with Gasteiger partial charge in [-0.3, -0.25) is 0 Å². The molecule has 0 aromatic heterocycles. The molecular formula is C15H10N2. The Bertz CT molecular complexity index is 569. The summed E-state index contributed by atoms with van der Waals surface area (Å²) in [5.41, 5.74) is 3.24. The molecule has 0 atom stereocenters. The average molecular weight is 218 g/mol. The van der Waals surface area contributed by atoms with Gasteiger partial charge in [0.05, 0.1) is 23.3 Å². The molecule has 0 saturated carbocycles. The summed E-state index contributed by atoms with van der Waals surface area (Å²) < 4.78 is 0.